The summed E-state index contributed by atoms with van der Waals surface area (Å²) in [5, 5.41) is 12.5. The monoisotopic (exact) mass is 488 g/mol. The van der Waals surface area contributed by atoms with Crippen LogP contribution in [0.25, 0.3) is 0 Å². The van der Waals surface area contributed by atoms with Crippen LogP contribution in [-0.4, -0.2) is 80.5 Å². The van der Waals surface area contributed by atoms with Gasteiger partial charge in [0, 0.05) is 31.6 Å². The molecule has 0 unspecified atom stereocenters. The predicted molar refractivity (Wildman–Crippen MR) is 135 cm³/mol. The summed E-state index contributed by atoms with van der Waals surface area (Å²) in [6, 6.07) is 9.46. The average molecular weight is 489 g/mol. The highest BCUT2D eigenvalue weighted by Crippen LogP contribution is 2.35. The van der Waals surface area contributed by atoms with E-state index in [4.69, 9.17) is 14.2 Å². The Balaban J connectivity index is 1.72. The number of thiophene rings is 1. The van der Waals surface area contributed by atoms with Gasteiger partial charge in [0.2, 0.25) is 5.91 Å². The number of amides is 1. The number of allylic oxidation sites excluding steroid dienone is 1. The fourth-order valence-corrected chi connectivity index (χ4v) is 5.15. The quantitative estimate of drug-likeness (QED) is 0.410. The third kappa shape index (κ3) is 7.06. The van der Waals surface area contributed by atoms with Gasteiger partial charge in [0.15, 0.2) is 11.5 Å². The number of aliphatic hydroxyl groups excluding tert-OH is 1. The molecule has 7 nitrogen and oxygen atoms in total. The largest absolute Gasteiger partial charge is 0.493 e. The standard InChI is InChI=1S/C26H36N2O5S/c1-4-5-8-20(29)17-27(14-15-31-2)18-26(30)28-13-11-25-21(12-16-34-25)22(28)19-33-24-10-7-6-9-23(24)32-3/h4,6-7,9-10,12,16,20,22,29H,1,5,8,11,13-15,17-19H2,2-3H3/t20-,22+/m0/s1. The number of hydrogen-bond acceptors (Lipinski definition) is 7. The first-order valence-electron chi connectivity index (χ1n) is 11.7. The minimum atomic E-state index is -0.517. The van der Waals surface area contributed by atoms with Crippen LogP contribution in [0, 0.1) is 0 Å². The summed E-state index contributed by atoms with van der Waals surface area (Å²) in [6.07, 6.45) is 3.48. The van der Waals surface area contributed by atoms with Crippen LogP contribution in [0.2, 0.25) is 0 Å². The lowest BCUT2D eigenvalue weighted by atomic mass is 10.0. The van der Waals surface area contributed by atoms with Crippen molar-refractivity contribution in [1.82, 2.24) is 9.80 Å². The van der Waals surface area contributed by atoms with Crippen LogP contribution < -0.4 is 9.47 Å². The summed E-state index contributed by atoms with van der Waals surface area (Å²) in [6.45, 7) is 6.42. The normalized spacial score (nSPS) is 16.2. The van der Waals surface area contributed by atoms with E-state index in [9.17, 15) is 9.90 Å². The van der Waals surface area contributed by atoms with Crippen LogP contribution in [0.4, 0.5) is 0 Å². The highest BCUT2D eigenvalue weighted by molar-refractivity contribution is 7.10. The number of fused-ring (bicyclic) bond motifs is 1. The SMILES string of the molecule is C=CCC[C@H](O)CN(CCOC)CC(=O)N1CCc2sccc2[C@H]1COc1ccccc1OC. The number of aliphatic hydroxyl groups is 1. The van der Waals surface area contributed by atoms with Gasteiger partial charge in [0.05, 0.1) is 32.4 Å². The lowest BCUT2D eigenvalue weighted by Crippen LogP contribution is -2.48. The van der Waals surface area contributed by atoms with E-state index in [1.807, 2.05) is 34.1 Å². The first kappa shape index (κ1) is 26.2. The van der Waals surface area contributed by atoms with Crippen molar-refractivity contribution in [3.05, 3.63) is 58.8 Å². The van der Waals surface area contributed by atoms with Gasteiger partial charge in [-0.2, -0.15) is 0 Å². The zero-order valence-corrected chi connectivity index (χ0v) is 21.0. The van der Waals surface area contributed by atoms with Crippen LogP contribution in [0.3, 0.4) is 0 Å². The van der Waals surface area contributed by atoms with E-state index in [0.717, 1.165) is 18.4 Å². The molecule has 2 atom stereocenters. The molecule has 0 spiro atoms. The van der Waals surface area contributed by atoms with Crippen molar-refractivity contribution in [1.29, 1.82) is 0 Å². The van der Waals surface area contributed by atoms with E-state index in [1.165, 1.54) is 4.88 Å². The highest BCUT2D eigenvalue weighted by Gasteiger charge is 2.33. The molecule has 1 amide bonds. The molecule has 2 heterocycles. The molecule has 34 heavy (non-hydrogen) atoms. The fourth-order valence-electron chi connectivity index (χ4n) is 4.22. The second-order valence-corrected chi connectivity index (χ2v) is 9.36. The van der Waals surface area contributed by atoms with Crippen LogP contribution in [-0.2, 0) is 16.0 Å². The summed E-state index contributed by atoms with van der Waals surface area (Å²) in [5.74, 6) is 1.35. The average Bonchev–Trinajstić information content (AvgIpc) is 3.33. The van der Waals surface area contributed by atoms with Gasteiger partial charge in [-0.3, -0.25) is 9.69 Å². The number of benzene rings is 1. The summed E-state index contributed by atoms with van der Waals surface area (Å²) < 4.78 is 16.8. The number of para-hydroxylation sites is 2. The van der Waals surface area contributed by atoms with E-state index >= 15 is 0 Å². The number of carbonyl (C=O) groups excluding carboxylic acids is 1. The molecular weight excluding hydrogens is 452 g/mol. The Hall–Kier alpha value is -2.39. The van der Waals surface area contributed by atoms with E-state index in [1.54, 1.807) is 31.6 Å². The van der Waals surface area contributed by atoms with Crippen LogP contribution >= 0.6 is 11.3 Å². The zero-order chi connectivity index (χ0) is 24.3. The summed E-state index contributed by atoms with van der Waals surface area (Å²) >= 11 is 1.73. The second-order valence-electron chi connectivity index (χ2n) is 8.36. The number of ether oxygens (including phenoxy) is 3. The number of hydrogen-bond donors (Lipinski definition) is 1. The number of nitrogens with zero attached hydrogens (tertiary/aromatic N) is 2. The van der Waals surface area contributed by atoms with E-state index in [-0.39, 0.29) is 18.5 Å². The molecule has 2 aromatic rings. The zero-order valence-electron chi connectivity index (χ0n) is 20.2. The second kappa shape index (κ2) is 13.5. The van der Waals surface area contributed by atoms with Crippen LogP contribution in [0.15, 0.2) is 48.4 Å². The lowest BCUT2D eigenvalue weighted by molar-refractivity contribution is -0.136. The lowest BCUT2D eigenvalue weighted by Gasteiger charge is -2.37. The van der Waals surface area contributed by atoms with Gasteiger partial charge in [-0.15, -0.1) is 17.9 Å². The van der Waals surface area contributed by atoms with Crippen molar-refractivity contribution < 1.29 is 24.1 Å². The van der Waals surface area contributed by atoms with Crippen molar-refractivity contribution in [3.8, 4) is 11.5 Å². The summed E-state index contributed by atoms with van der Waals surface area (Å²) in [4.78, 5) is 18.7. The van der Waals surface area contributed by atoms with Gasteiger partial charge in [-0.1, -0.05) is 18.2 Å². The van der Waals surface area contributed by atoms with Gasteiger partial charge in [-0.25, -0.2) is 0 Å². The Labute approximate surface area is 206 Å². The topological polar surface area (TPSA) is 71.5 Å². The first-order chi connectivity index (χ1) is 16.6. The number of methoxy groups -OCH3 is 2. The maximum atomic E-state index is 13.5. The molecule has 1 aromatic carbocycles. The van der Waals surface area contributed by atoms with Crippen LogP contribution in [0.1, 0.15) is 29.3 Å². The maximum absolute atomic E-state index is 13.5. The van der Waals surface area contributed by atoms with E-state index in [2.05, 4.69) is 18.0 Å². The first-order valence-corrected chi connectivity index (χ1v) is 12.6. The van der Waals surface area contributed by atoms with Crippen molar-refractivity contribution in [2.45, 2.75) is 31.4 Å². The Morgan fingerprint density at radius 1 is 1.32 bits per heavy atom. The fraction of sp³-hybridized carbons (Fsp3) is 0.500. The molecule has 1 aliphatic rings. The minimum absolute atomic E-state index is 0.0255. The van der Waals surface area contributed by atoms with Crippen molar-refractivity contribution in [3.63, 3.8) is 0 Å². The molecule has 0 saturated heterocycles. The van der Waals surface area contributed by atoms with Gasteiger partial charge in [0.1, 0.15) is 6.61 Å². The number of rotatable bonds is 14. The molecule has 0 bridgehead atoms. The maximum Gasteiger partial charge on any atom is 0.237 e. The molecule has 8 heteroatoms. The predicted octanol–water partition coefficient (Wildman–Crippen LogP) is 3.54. The number of carbonyl (C=O) groups is 1. The molecule has 0 fully saturated rings. The van der Waals surface area contributed by atoms with Crippen molar-refractivity contribution in [2.75, 3.05) is 53.6 Å². The van der Waals surface area contributed by atoms with Gasteiger partial charge < -0.3 is 24.2 Å². The van der Waals surface area contributed by atoms with E-state index < -0.39 is 6.10 Å². The smallest absolute Gasteiger partial charge is 0.237 e. The Morgan fingerprint density at radius 3 is 2.85 bits per heavy atom. The Bertz CT molecular complexity index is 918. The molecule has 1 aliphatic heterocycles. The molecule has 1 N–H and O–H groups in total. The molecule has 0 radical (unpaired) electrons. The molecular formula is C26H36N2O5S. The molecule has 1 aromatic heterocycles. The minimum Gasteiger partial charge on any atom is -0.493 e. The molecule has 186 valence electrons. The van der Waals surface area contributed by atoms with Crippen LogP contribution in [0.5, 0.6) is 11.5 Å². The Kier molecular flexibility index (Phi) is 10.4. The van der Waals surface area contributed by atoms with E-state index in [0.29, 0.717) is 50.8 Å². The van der Waals surface area contributed by atoms with Gasteiger partial charge in [0.25, 0.3) is 0 Å². The highest BCUT2D eigenvalue weighted by atomic mass is 32.1. The third-order valence-corrected chi connectivity index (χ3v) is 7.02. The van der Waals surface area contributed by atoms with Gasteiger partial charge >= 0.3 is 0 Å². The Morgan fingerprint density at radius 2 is 2.12 bits per heavy atom. The summed E-state index contributed by atoms with van der Waals surface area (Å²) in [7, 11) is 3.26. The molecule has 0 aliphatic carbocycles. The van der Waals surface area contributed by atoms with Crippen molar-refractivity contribution >= 4 is 17.2 Å². The third-order valence-electron chi connectivity index (χ3n) is 6.02. The summed E-state index contributed by atoms with van der Waals surface area (Å²) in [5.41, 5.74) is 1.15. The molecule has 3 rings (SSSR count). The molecule has 0 saturated carbocycles. The van der Waals surface area contributed by atoms with Crippen molar-refractivity contribution in [2.24, 2.45) is 0 Å². The van der Waals surface area contributed by atoms with Gasteiger partial charge in [-0.05, 0) is 48.4 Å².